The number of carbonyl (C=O) groups excluding carboxylic acids is 1. The lowest BCUT2D eigenvalue weighted by Crippen LogP contribution is -2.40. The topological polar surface area (TPSA) is 38.3 Å². The van der Waals surface area contributed by atoms with Gasteiger partial charge in [0.2, 0.25) is 0 Å². The molecule has 0 aromatic heterocycles. The number of rotatable bonds is 3. The van der Waals surface area contributed by atoms with Crippen LogP contribution >= 0.6 is 0 Å². The van der Waals surface area contributed by atoms with Crippen LogP contribution in [0.2, 0.25) is 0 Å². The summed E-state index contributed by atoms with van der Waals surface area (Å²) in [6.45, 7) is 4.89. The van der Waals surface area contributed by atoms with Crippen molar-refractivity contribution in [3.63, 3.8) is 0 Å². The number of hydrogen-bond acceptors (Lipinski definition) is 3. The van der Waals surface area contributed by atoms with Gasteiger partial charge in [0.1, 0.15) is 5.75 Å². The van der Waals surface area contributed by atoms with Crippen molar-refractivity contribution in [3.8, 4) is 5.75 Å². The Balaban J connectivity index is 2.27. The predicted molar refractivity (Wildman–Crippen MR) is 72.4 cm³/mol. The Labute approximate surface area is 109 Å². The molecule has 0 bridgehead atoms. The fourth-order valence-electron chi connectivity index (χ4n) is 2.54. The van der Waals surface area contributed by atoms with Gasteiger partial charge in [-0.1, -0.05) is 6.42 Å². The Morgan fingerprint density at radius 2 is 2.06 bits per heavy atom. The van der Waals surface area contributed by atoms with E-state index in [1.807, 2.05) is 26.0 Å². The summed E-state index contributed by atoms with van der Waals surface area (Å²) in [5.74, 6) is 1.07. The molecule has 0 saturated carbocycles. The highest BCUT2D eigenvalue weighted by molar-refractivity contribution is 6.01. The Kier molecular flexibility index (Phi) is 4.02. The number of nitrogens with one attached hydrogen (secondary N) is 1. The number of piperidine rings is 1. The summed E-state index contributed by atoms with van der Waals surface area (Å²) < 4.78 is 5.28. The highest BCUT2D eigenvalue weighted by Gasteiger charge is 2.23. The highest BCUT2D eigenvalue weighted by atomic mass is 16.5. The maximum Gasteiger partial charge on any atom is 0.180 e. The van der Waals surface area contributed by atoms with E-state index in [1.165, 1.54) is 6.42 Å². The molecule has 0 spiro atoms. The molecule has 1 unspecified atom stereocenters. The third-order valence-electron chi connectivity index (χ3n) is 3.63. The number of Topliss-reactive ketones (excluding diaryl/α,β-unsaturated/α-hetero) is 1. The fraction of sp³-hybridized carbons (Fsp3) is 0.533. The minimum Gasteiger partial charge on any atom is -0.496 e. The second kappa shape index (κ2) is 5.53. The summed E-state index contributed by atoms with van der Waals surface area (Å²) in [6, 6.07) is 3.89. The van der Waals surface area contributed by atoms with Gasteiger partial charge in [-0.15, -0.1) is 0 Å². The quantitative estimate of drug-likeness (QED) is 0.834. The normalized spacial score (nSPS) is 19.6. The molecule has 18 heavy (non-hydrogen) atoms. The third-order valence-corrected chi connectivity index (χ3v) is 3.63. The SMILES string of the molecule is COc1cc(C)c(C(=O)C2CCCCN2)cc1C. The molecular formula is C15H21NO2. The van der Waals surface area contributed by atoms with Crippen LogP contribution in [0.15, 0.2) is 12.1 Å². The van der Waals surface area contributed by atoms with Crippen LogP contribution in [0.3, 0.4) is 0 Å². The van der Waals surface area contributed by atoms with Crippen molar-refractivity contribution in [2.75, 3.05) is 13.7 Å². The van der Waals surface area contributed by atoms with Crippen molar-refractivity contribution >= 4 is 5.78 Å². The molecule has 1 saturated heterocycles. The first kappa shape index (κ1) is 13.1. The van der Waals surface area contributed by atoms with Crippen molar-refractivity contribution in [2.45, 2.75) is 39.2 Å². The van der Waals surface area contributed by atoms with Gasteiger partial charge < -0.3 is 10.1 Å². The first-order valence-electron chi connectivity index (χ1n) is 6.56. The van der Waals surface area contributed by atoms with Crippen LogP contribution in [0.5, 0.6) is 5.75 Å². The first-order chi connectivity index (χ1) is 8.63. The molecule has 3 nitrogen and oxygen atoms in total. The summed E-state index contributed by atoms with van der Waals surface area (Å²) in [7, 11) is 1.66. The summed E-state index contributed by atoms with van der Waals surface area (Å²) in [5.41, 5.74) is 2.84. The van der Waals surface area contributed by atoms with Crippen LogP contribution in [0, 0.1) is 13.8 Å². The molecule has 1 aliphatic heterocycles. The van der Waals surface area contributed by atoms with Crippen molar-refractivity contribution in [3.05, 3.63) is 28.8 Å². The first-order valence-corrected chi connectivity index (χ1v) is 6.56. The largest absolute Gasteiger partial charge is 0.496 e. The smallest absolute Gasteiger partial charge is 0.180 e. The van der Waals surface area contributed by atoms with E-state index in [4.69, 9.17) is 4.74 Å². The molecule has 0 aliphatic carbocycles. The Bertz CT molecular complexity index is 448. The van der Waals surface area contributed by atoms with Crippen LogP contribution in [0.1, 0.15) is 40.7 Å². The lowest BCUT2D eigenvalue weighted by Gasteiger charge is -2.23. The average molecular weight is 247 g/mol. The molecule has 3 heteroatoms. The number of ketones is 1. The maximum atomic E-state index is 12.5. The van der Waals surface area contributed by atoms with Crippen molar-refractivity contribution in [1.82, 2.24) is 5.32 Å². The molecule has 1 aromatic rings. The van der Waals surface area contributed by atoms with Gasteiger partial charge >= 0.3 is 0 Å². The number of carbonyl (C=O) groups is 1. The van der Waals surface area contributed by atoms with Crippen LogP contribution in [0.25, 0.3) is 0 Å². The molecule has 0 amide bonds. The summed E-state index contributed by atoms with van der Waals surface area (Å²) in [6.07, 6.45) is 3.26. The van der Waals surface area contributed by atoms with Crippen molar-refractivity contribution < 1.29 is 9.53 Å². The monoisotopic (exact) mass is 247 g/mol. The van der Waals surface area contributed by atoms with Crippen LogP contribution in [-0.2, 0) is 0 Å². The summed E-state index contributed by atoms with van der Waals surface area (Å²) >= 11 is 0. The number of hydrogen-bond donors (Lipinski definition) is 1. The van der Waals surface area contributed by atoms with E-state index in [2.05, 4.69) is 5.32 Å². The molecule has 1 heterocycles. The summed E-state index contributed by atoms with van der Waals surface area (Å²) in [5, 5.41) is 3.31. The lowest BCUT2D eigenvalue weighted by molar-refractivity contribution is 0.0926. The zero-order valence-electron chi connectivity index (χ0n) is 11.4. The molecule has 1 atom stereocenters. The zero-order valence-corrected chi connectivity index (χ0v) is 11.4. The van der Waals surface area contributed by atoms with Gasteiger partial charge in [0.05, 0.1) is 13.2 Å². The molecule has 0 radical (unpaired) electrons. The fourth-order valence-corrected chi connectivity index (χ4v) is 2.54. The van der Waals surface area contributed by atoms with Crippen molar-refractivity contribution in [2.24, 2.45) is 0 Å². The number of benzene rings is 1. The van der Waals surface area contributed by atoms with Crippen LogP contribution < -0.4 is 10.1 Å². The van der Waals surface area contributed by atoms with Crippen molar-refractivity contribution in [1.29, 1.82) is 0 Å². The summed E-state index contributed by atoms with van der Waals surface area (Å²) in [4.78, 5) is 12.5. The van der Waals surface area contributed by atoms with E-state index < -0.39 is 0 Å². The molecule has 1 N–H and O–H groups in total. The Hall–Kier alpha value is -1.35. The molecule has 98 valence electrons. The zero-order chi connectivity index (χ0) is 13.1. The van der Waals surface area contributed by atoms with Gasteiger partial charge in [0.15, 0.2) is 5.78 Å². The Morgan fingerprint density at radius 3 is 2.67 bits per heavy atom. The van der Waals surface area contributed by atoms with E-state index in [-0.39, 0.29) is 11.8 Å². The minimum absolute atomic E-state index is 0.00903. The molecule has 2 rings (SSSR count). The van der Waals surface area contributed by atoms with Gasteiger partial charge in [0.25, 0.3) is 0 Å². The van der Waals surface area contributed by atoms with Gasteiger partial charge in [-0.25, -0.2) is 0 Å². The van der Waals surface area contributed by atoms with E-state index >= 15 is 0 Å². The Morgan fingerprint density at radius 1 is 1.28 bits per heavy atom. The second-order valence-electron chi connectivity index (χ2n) is 5.00. The molecule has 1 aromatic carbocycles. The van der Waals surface area contributed by atoms with E-state index in [9.17, 15) is 4.79 Å². The lowest BCUT2D eigenvalue weighted by atomic mass is 9.92. The van der Waals surface area contributed by atoms with Gasteiger partial charge in [-0.3, -0.25) is 4.79 Å². The number of ether oxygens (including phenoxy) is 1. The number of methoxy groups -OCH3 is 1. The standard InChI is InChI=1S/C15H21NO2/c1-10-9-14(18-3)11(2)8-12(10)15(17)13-6-4-5-7-16-13/h8-9,13,16H,4-7H2,1-3H3. The van der Waals surface area contributed by atoms with Gasteiger partial charge in [0, 0.05) is 5.56 Å². The highest BCUT2D eigenvalue weighted by Crippen LogP contribution is 2.24. The molecule has 1 aliphatic rings. The maximum absolute atomic E-state index is 12.5. The van der Waals surface area contributed by atoms with E-state index in [1.54, 1.807) is 7.11 Å². The molecule has 1 fully saturated rings. The van der Waals surface area contributed by atoms with E-state index in [0.717, 1.165) is 41.8 Å². The second-order valence-corrected chi connectivity index (χ2v) is 5.00. The van der Waals surface area contributed by atoms with Gasteiger partial charge in [-0.05, 0) is 56.5 Å². The predicted octanol–water partition coefficient (Wildman–Crippen LogP) is 2.64. The van der Waals surface area contributed by atoms with Crippen LogP contribution in [0.4, 0.5) is 0 Å². The van der Waals surface area contributed by atoms with Crippen LogP contribution in [-0.4, -0.2) is 25.5 Å². The van der Waals surface area contributed by atoms with Gasteiger partial charge in [-0.2, -0.15) is 0 Å². The average Bonchev–Trinajstić information content (AvgIpc) is 2.41. The van der Waals surface area contributed by atoms with E-state index in [0.29, 0.717) is 0 Å². The number of aryl methyl sites for hydroxylation is 2. The molecular weight excluding hydrogens is 226 g/mol. The minimum atomic E-state index is -0.00903. The third kappa shape index (κ3) is 2.56.